The number of rotatable bonds is 4. The van der Waals surface area contributed by atoms with Crippen molar-refractivity contribution < 1.29 is 4.39 Å². The molecule has 3 aromatic carbocycles. The molecule has 1 aromatic heterocycles. The van der Waals surface area contributed by atoms with E-state index >= 15 is 0 Å². The van der Waals surface area contributed by atoms with E-state index in [-0.39, 0.29) is 5.82 Å². The molecular formula is C23H16FN3S. The molecule has 0 fully saturated rings. The third-order valence-corrected chi connectivity index (χ3v) is 5.37. The van der Waals surface area contributed by atoms with Gasteiger partial charge in [0.25, 0.3) is 0 Å². The van der Waals surface area contributed by atoms with E-state index in [9.17, 15) is 9.65 Å². The molecule has 0 aliphatic heterocycles. The summed E-state index contributed by atoms with van der Waals surface area (Å²) in [6, 6.07) is 20.9. The van der Waals surface area contributed by atoms with Gasteiger partial charge in [-0.3, -0.25) is 0 Å². The summed E-state index contributed by atoms with van der Waals surface area (Å²) in [4.78, 5) is 4.67. The Labute approximate surface area is 166 Å². The van der Waals surface area contributed by atoms with Gasteiger partial charge in [-0.15, -0.1) is 11.3 Å². The number of nitriles is 1. The molecule has 4 rings (SSSR count). The van der Waals surface area contributed by atoms with Gasteiger partial charge in [0.2, 0.25) is 0 Å². The number of benzene rings is 3. The second kappa shape index (κ2) is 7.63. The molecule has 0 saturated carbocycles. The largest absolute Gasteiger partial charge is 0.360 e. The lowest BCUT2D eigenvalue weighted by Crippen LogP contribution is -1.94. The number of nitrogens with zero attached hydrogens (tertiary/aromatic N) is 2. The second-order valence-corrected chi connectivity index (χ2v) is 7.20. The van der Waals surface area contributed by atoms with Crippen LogP contribution < -0.4 is 5.32 Å². The molecule has 0 unspecified atom stereocenters. The highest BCUT2D eigenvalue weighted by Gasteiger charge is 2.11. The zero-order chi connectivity index (χ0) is 19.5. The summed E-state index contributed by atoms with van der Waals surface area (Å²) in [5.41, 5.74) is 3.79. The van der Waals surface area contributed by atoms with Gasteiger partial charge in [-0.2, -0.15) is 5.26 Å². The van der Waals surface area contributed by atoms with Gasteiger partial charge in [0.15, 0.2) is 0 Å². The number of thiazole rings is 1. The van der Waals surface area contributed by atoms with Crippen LogP contribution in [0.15, 0.2) is 72.2 Å². The molecule has 0 amide bonds. The number of hydrogen-bond acceptors (Lipinski definition) is 4. The molecule has 28 heavy (non-hydrogen) atoms. The van der Waals surface area contributed by atoms with Gasteiger partial charge in [-0.25, -0.2) is 9.37 Å². The zero-order valence-electron chi connectivity index (χ0n) is 15.1. The van der Waals surface area contributed by atoms with Crippen LogP contribution in [0.4, 0.5) is 10.1 Å². The van der Waals surface area contributed by atoms with Crippen LogP contribution in [0, 0.1) is 24.1 Å². The second-order valence-electron chi connectivity index (χ2n) is 6.34. The standard InChI is InChI=1S/C23H16FN3S/c1-15-9-10-18(24)11-21(15)26-13-17(12-25)23-27-22(14-28-23)20-8-4-6-16-5-2-3-7-19(16)20/h2-11,13-14,26H,1H3. The van der Waals surface area contributed by atoms with Gasteiger partial charge in [-0.1, -0.05) is 48.5 Å². The molecule has 5 heteroatoms. The number of fused-ring (bicyclic) bond motifs is 1. The number of anilines is 1. The maximum atomic E-state index is 13.5. The van der Waals surface area contributed by atoms with E-state index in [1.54, 1.807) is 12.3 Å². The summed E-state index contributed by atoms with van der Waals surface area (Å²) in [6.45, 7) is 1.88. The summed E-state index contributed by atoms with van der Waals surface area (Å²) in [5.74, 6) is -0.326. The molecule has 0 aliphatic carbocycles. The van der Waals surface area contributed by atoms with Crippen molar-refractivity contribution in [3.8, 4) is 17.3 Å². The molecular weight excluding hydrogens is 369 g/mol. The van der Waals surface area contributed by atoms with Gasteiger partial charge in [0.05, 0.1) is 5.69 Å². The van der Waals surface area contributed by atoms with Gasteiger partial charge in [-0.05, 0) is 35.4 Å². The van der Waals surface area contributed by atoms with Crippen LogP contribution in [0.2, 0.25) is 0 Å². The van der Waals surface area contributed by atoms with E-state index in [1.165, 1.54) is 23.5 Å². The van der Waals surface area contributed by atoms with Crippen molar-refractivity contribution in [2.45, 2.75) is 6.92 Å². The lowest BCUT2D eigenvalue weighted by molar-refractivity contribution is 0.628. The fourth-order valence-electron chi connectivity index (χ4n) is 3.01. The molecule has 1 N–H and O–H groups in total. The minimum absolute atomic E-state index is 0.326. The lowest BCUT2D eigenvalue weighted by atomic mass is 10.0. The first-order chi connectivity index (χ1) is 13.7. The number of halogens is 1. The summed E-state index contributed by atoms with van der Waals surface area (Å²) < 4.78 is 13.5. The average Bonchev–Trinajstić information content (AvgIpc) is 3.20. The predicted molar refractivity (Wildman–Crippen MR) is 113 cm³/mol. The van der Waals surface area contributed by atoms with Crippen molar-refractivity contribution in [1.82, 2.24) is 4.98 Å². The Morgan fingerprint density at radius 2 is 1.96 bits per heavy atom. The smallest absolute Gasteiger partial charge is 0.136 e. The van der Waals surface area contributed by atoms with Gasteiger partial charge in [0, 0.05) is 22.8 Å². The highest BCUT2D eigenvalue weighted by Crippen LogP contribution is 2.31. The quantitative estimate of drug-likeness (QED) is 0.414. The lowest BCUT2D eigenvalue weighted by Gasteiger charge is -2.06. The van der Waals surface area contributed by atoms with E-state index in [0.29, 0.717) is 16.3 Å². The van der Waals surface area contributed by atoms with Gasteiger partial charge in [0.1, 0.15) is 22.5 Å². The molecule has 0 aliphatic rings. The summed E-state index contributed by atoms with van der Waals surface area (Å²) in [6.07, 6.45) is 1.58. The number of allylic oxidation sites excluding steroid dienone is 1. The van der Waals surface area contributed by atoms with Crippen LogP contribution in [0.5, 0.6) is 0 Å². The number of nitrogens with one attached hydrogen (secondary N) is 1. The molecule has 0 radical (unpaired) electrons. The molecule has 0 atom stereocenters. The molecule has 1 heterocycles. The highest BCUT2D eigenvalue weighted by molar-refractivity contribution is 7.11. The Kier molecular flexibility index (Phi) is 4.88. The van der Waals surface area contributed by atoms with Crippen LogP contribution in [0.25, 0.3) is 27.6 Å². The Bertz CT molecular complexity index is 1230. The maximum absolute atomic E-state index is 13.5. The molecule has 136 valence electrons. The van der Waals surface area contributed by atoms with Crippen molar-refractivity contribution in [3.05, 3.63) is 88.6 Å². The van der Waals surface area contributed by atoms with Crippen molar-refractivity contribution in [2.75, 3.05) is 5.32 Å². The number of aryl methyl sites for hydroxylation is 1. The fraction of sp³-hybridized carbons (Fsp3) is 0.0435. The average molecular weight is 385 g/mol. The minimum Gasteiger partial charge on any atom is -0.360 e. The first-order valence-electron chi connectivity index (χ1n) is 8.73. The van der Waals surface area contributed by atoms with Crippen LogP contribution in [0.1, 0.15) is 10.6 Å². The predicted octanol–water partition coefficient (Wildman–Crippen LogP) is 6.39. The van der Waals surface area contributed by atoms with Crippen LogP contribution >= 0.6 is 11.3 Å². The van der Waals surface area contributed by atoms with Crippen molar-refractivity contribution in [3.63, 3.8) is 0 Å². The summed E-state index contributed by atoms with van der Waals surface area (Å²) in [7, 11) is 0. The fourth-order valence-corrected chi connectivity index (χ4v) is 3.80. The summed E-state index contributed by atoms with van der Waals surface area (Å²) >= 11 is 1.41. The van der Waals surface area contributed by atoms with Gasteiger partial charge >= 0.3 is 0 Å². The first-order valence-corrected chi connectivity index (χ1v) is 9.60. The van der Waals surface area contributed by atoms with Crippen molar-refractivity contribution in [1.29, 1.82) is 5.26 Å². The minimum atomic E-state index is -0.326. The van der Waals surface area contributed by atoms with Crippen molar-refractivity contribution in [2.24, 2.45) is 0 Å². The molecule has 3 nitrogen and oxygen atoms in total. The molecule has 0 spiro atoms. The molecule has 4 aromatic rings. The Hall–Kier alpha value is -3.49. The topological polar surface area (TPSA) is 48.7 Å². The summed E-state index contributed by atoms with van der Waals surface area (Å²) in [5, 5.41) is 17.4. The Morgan fingerprint density at radius 3 is 2.82 bits per heavy atom. The highest BCUT2D eigenvalue weighted by atomic mass is 32.1. The van der Waals surface area contributed by atoms with Crippen LogP contribution in [-0.2, 0) is 0 Å². The number of hydrogen-bond donors (Lipinski definition) is 1. The van der Waals surface area contributed by atoms with E-state index in [1.807, 2.05) is 36.6 Å². The Balaban J connectivity index is 1.67. The van der Waals surface area contributed by atoms with Crippen molar-refractivity contribution >= 4 is 33.4 Å². The molecule has 0 bridgehead atoms. The first kappa shape index (κ1) is 17.9. The SMILES string of the molecule is Cc1ccc(F)cc1NC=C(C#N)c1nc(-c2cccc3ccccc23)cs1. The Morgan fingerprint density at radius 1 is 1.14 bits per heavy atom. The maximum Gasteiger partial charge on any atom is 0.136 e. The van der Waals surface area contributed by atoms with Crippen LogP contribution in [0.3, 0.4) is 0 Å². The number of aromatic nitrogens is 1. The third-order valence-electron chi connectivity index (χ3n) is 4.49. The van der Waals surface area contributed by atoms with E-state index < -0.39 is 0 Å². The van der Waals surface area contributed by atoms with E-state index in [0.717, 1.165) is 27.6 Å². The van der Waals surface area contributed by atoms with E-state index in [2.05, 4.69) is 34.6 Å². The molecule has 0 saturated heterocycles. The van der Waals surface area contributed by atoms with Gasteiger partial charge < -0.3 is 5.32 Å². The third kappa shape index (κ3) is 3.51. The monoisotopic (exact) mass is 385 g/mol. The normalized spacial score (nSPS) is 11.4. The van der Waals surface area contributed by atoms with Crippen LogP contribution in [-0.4, -0.2) is 4.98 Å². The zero-order valence-corrected chi connectivity index (χ0v) is 15.9. The van der Waals surface area contributed by atoms with E-state index in [4.69, 9.17) is 0 Å².